The molecule has 0 aliphatic carbocycles. The fourth-order valence-corrected chi connectivity index (χ4v) is 0.988. The van der Waals surface area contributed by atoms with E-state index in [-0.39, 0.29) is 12.6 Å². The number of aromatic nitrogens is 1. The van der Waals surface area contributed by atoms with Gasteiger partial charge < -0.3 is 15.6 Å². The summed E-state index contributed by atoms with van der Waals surface area (Å²) < 4.78 is 5.27. The molecule has 0 aliphatic rings. The molecule has 4 heteroatoms. The summed E-state index contributed by atoms with van der Waals surface area (Å²) in [5.41, 5.74) is 6.66. The van der Waals surface area contributed by atoms with Crippen LogP contribution in [0.15, 0.2) is 18.3 Å². The maximum Gasteiger partial charge on any atom is 0.213 e. The van der Waals surface area contributed by atoms with E-state index in [1.54, 1.807) is 12.3 Å². The quantitative estimate of drug-likeness (QED) is 0.685. The second-order valence-electron chi connectivity index (χ2n) is 3.14. The molecule has 0 unspecified atom stereocenters. The van der Waals surface area contributed by atoms with Gasteiger partial charge in [-0.25, -0.2) is 4.98 Å². The minimum Gasteiger partial charge on any atom is -0.478 e. The first-order valence-corrected chi connectivity index (χ1v) is 4.69. The minimum atomic E-state index is -0.00556. The van der Waals surface area contributed by atoms with Gasteiger partial charge in [0.1, 0.15) is 0 Å². The van der Waals surface area contributed by atoms with Gasteiger partial charge >= 0.3 is 0 Å². The summed E-state index contributed by atoms with van der Waals surface area (Å²) >= 11 is 0. The Labute approximate surface area is 83.7 Å². The monoisotopic (exact) mass is 196 g/mol. The van der Waals surface area contributed by atoms with Crippen LogP contribution in [0.25, 0.3) is 0 Å². The average molecular weight is 196 g/mol. The van der Waals surface area contributed by atoms with Crippen LogP contribution in [0.3, 0.4) is 0 Å². The first-order chi connectivity index (χ1) is 6.74. The van der Waals surface area contributed by atoms with Crippen molar-refractivity contribution in [3.63, 3.8) is 0 Å². The van der Waals surface area contributed by atoms with Gasteiger partial charge in [-0.1, -0.05) is 6.07 Å². The molecular weight excluding hydrogens is 180 g/mol. The molecule has 1 aromatic rings. The van der Waals surface area contributed by atoms with E-state index in [1.165, 1.54) is 0 Å². The number of aliphatic hydroxyl groups is 1. The lowest BCUT2D eigenvalue weighted by Gasteiger charge is -2.07. The van der Waals surface area contributed by atoms with Crippen molar-refractivity contribution in [2.24, 2.45) is 5.73 Å². The van der Waals surface area contributed by atoms with Crippen molar-refractivity contribution in [3.8, 4) is 5.88 Å². The molecule has 1 heterocycles. The molecule has 0 saturated carbocycles. The Morgan fingerprint density at radius 1 is 1.57 bits per heavy atom. The summed E-state index contributed by atoms with van der Waals surface area (Å²) in [4.78, 5) is 4.09. The standard InChI is InChI=1S/C10H16N2O2/c1-8(11)9-3-4-10(12-7-9)14-6-2-5-13/h3-4,7-8,13H,2,5-6,11H2,1H3/t8-/m1/s1. The highest BCUT2D eigenvalue weighted by atomic mass is 16.5. The highest BCUT2D eigenvalue weighted by Gasteiger charge is 2.00. The van der Waals surface area contributed by atoms with Gasteiger partial charge in [0, 0.05) is 31.3 Å². The van der Waals surface area contributed by atoms with Gasteiger partial charge in [0.25, 0.3) is 0 Å². The Hall–Kier alpha value is -1.13. The zero-order valence-electron chi connectivity index (χ0n) is 8.31. The van der Waals surface area contributed by atoms with Gasteiger partial charge in [0.15, 0.2) is 0 Å². The summed E-state index contributed by atoms with van der Waals surface area (Å²) in [5, 5.41) is 8.54. The van der Waals surface area contributed by atoms with Crippen molar-refractivity contribution in [3.05, 3.63) is 23.9 Å². The van der Waals surface area contributed by atoms with Gasteiger partial charge in [-0.2, -0.15) is 0 Å². The fourth-order valence-electron chi connectivity index (χ4n) is 0.988. The molecule has 78 valence electrons. The molecule has 0 bridgehead atoms. The third-order valence-electron chi connectivity index (χ3n) is 1.84. The van der Waals surface area contributed by atoms with E-state index in [0.29, 0.717) is 18.9 Å². The number of aliphatic hydroxyl groups excluding tert-OH is 1. The lowest BCUT2D eigenvalue weighted by molar-refractivity contribution is 0.229. The highest BCUT2D eigenvalue weighted by Crippen LogP contribution is 2.12. The van der Waals surface area contributed by atoms with Crippen LogP contribution in [-0.2, 0) is 0 Å². The Kier molecular flexibility index (Phi) is 4.35. The number of rotatable bonds is 5. The first kappa shape index (κ1) is 10.9. The lowest BCUT2D eigenvalue weighted by Crippen LogP contribution is -2.06. The van der Waals surface area contributed by atoms with E-state index in [0.717, 1.165) is 5.56 Å². The van der Waals surface area contributed by atoms with Gasteiger partial charge in [-0.05, 0) is 12.5 Å². The third-order valence-corrected chi connectivity index (χ3v) is 1.84. The van der Waals surface area contributed by atoms with Crippen LogP contribution in [0.5, 0.6) is 5.88 Å². The molecule has 0 saturated heterocycles. The largest absolute Gasteiger partial charge is 0.478 e. The second kappa shape index (κ2) is 5.57. The molecule has 1 atom stereocenters. The Morgan fingerprint density at radius 3 is 2.86 bits per heavy atom. The van der Waals surface area contributed by atoms with Gasteiger partial charge in [0.05, 0.1) is 6.61 Å². The maximum absolute atomic E-state index is 8.54. The fraction of sp³-hybridized carbons (Fsp3) is 0.500. The highest BCUT2D eigenvalue weighted by molar-refractivity contribution is 5.19. The number of pyridine rings is 1. The second-order valence-corrected chi connectivity index (χ2v) is 3.14. The minimum absolute atomic E-state index is 0.00556. The van der Waals surface area contributed by atoms with Crippen molar-refractivity contribution in [2.75, 3.05) is 13.2 Å². The molecule has 1 aromatic heterocycles. The van der Waals surface area contributed by atoms with Crippen molar-refractivity contribution in [1.82, 2.24) is 4.98 Å². The summed E-state index contributed by atoms with van der Waals surface area (Å²) in [5.74, 6) is 0.572. The van der Waals surface area contributed by atoms with E-state index >= 15 is 0 Å². The SMILES string of the molecule is C[C@@H](N)c1ccc(OCCCO)nc1. The van der Waals surface area contributed by atoms with Crippen molar-refractivity contribution in [2.45, 2.75) is 19.4 Å². The van der Waals surface area contributed by atoms with Crippen LogP contribution in [0.1, 0.15) is 24.9 Å². The number of hydrogen-bond donors (Lipinski definition) is 2. The van der Waals surface area contributed by atoms with E-state index in [2.05, 4.69) is 4.98 Å². The lowest BCUT2D eigenvalue weighted by atomic mass is 10.2. The molecule has 14 heavy (non-hydrogen) atoms. The van der Waals surface area contributed by atoms with E-state index in [9.17, 15) is 0 Å². The third kappa shape index (κ3) is 3.32. The molecule has 0 aliphatic heterocycles. The van der Waals surface area contributed by atoms with Gasteiger partial charge in [-0.15, -0.1) is 0 Å². The predicted molar refractivity (Wildman–Crippen MR) is 54.0 cm³/mol. The van der Waals surface area contributed by atoms with Gasteiger partial charge in [-0.3, -0.25) is 0 Å². The van der Waals surface area contributed by atoms with Crippen LogP contribution in [0.2, 0.25) is 0 Å². The van der Waals surface area contributed by atoms with Crippen LogP contribution in [0.4, 0.5) is 0 Å². The number of nitrogens with zero attached hydrogens (tertiary/aromatic N) is 1. The molecule has 0 spiro atoms. The zero-order chi connectivity index (χ0) is 10.4. The van der Waals surface area contributed by atoms with Crippen molar-refractivity contribution >= 4 is 0 Å². The number of nitrogens with two attached hydrogens (primary N) is 1. The molecule has 4 nitrogen and oxygen atoms in total. The van der Waals surface area contributed by atoms with Crippen LogP contribution in [-0.4, -0.2) is 23.3 Å². The molecular formula is C10H16N2O2. The summed E-state index contributed by atoms with van der Waals surface area (Å²) in [6.45, 7) is 2.53. The van der Waals surface area contributed by atoms with E-state index in [4.69, 9.17) is 15.6 Å². The molecule has 0 amide bonds. The Balaban J connectivity index is 2.47. The number of ether oxygens (including phenoxy) is 1. The smallest absolute Gasteiger partial charge is 0.213 e. The van der Waals surface area contributed by atoms with Gasteiger partial charge in [0.2, 0.25) is 5.88 Å². The van der Waals surface area contributed by atoms with Crippen LogP contribution < -0.4 is 10.5 Å². The summed E-state index contributed by atoms with van der Waals surface area (Å²) in [7, 11) is 0. The normalized spacial score (nSPS) is 12.5. The van der Waals surface area contributed by atoms with Crippen LogP contribution >= 0.6 is 0 Å². The molecule has 3 N–H and O–H groups in total. The molecule has 0 radical (unpaired) electrons. The maximum atomic E-state index is 8.54. The van der Waals surface area contributed by atoms with E-state index < -0.39 is 0 Å². The zero-order valence-corrected chi connectivity index (χ0v) is 8.31. The topological polar surface area (TPSA) is 68.4 Å². The molecule has 1 rings (SSSR count). The van der Waals surface area contributed by atoms with Crippen LogP contribution in [0, 0.1) is 0 Å². The molecule has 0 aromatic carbocycles. The number of hydrogen-bond acceptors (Lipinski definition) is 4. The first-order valence-electron chi connectivity index (χ1n) is 4.69. The summed E-state index contributed by atoms with van der Waals surface area (Å²) in [6, 6.07) is 3.68. The Morgan fingerprint density at radius 2 is 2.36 bits per heavy atom. The van der Waals surface area contributed by atoms with Crippen molar-refractivity contribution in [1.29, 1.82) is 0 Å². The molecule has 0 fully saturated rings. The predicted octanol–water partition coefficient (Wildman–Crippen LogP) is 0.863. The van der Waals surface area contributed by atoms with Crippen molar-refractivity contribution < 1.29 is 9.84 Å². The Bertz CT molecular complexity index is 259. The average Bonchev–Trinajstić information content (AvgIpc) is 2.19. The summed E-state index contributed by atoms with van der Waals surface area (Å²) in [6.07, 6.45) is 2.33. The van der Waals surface area contributed by atoms with E-state index in [1.807, 2.05) is 13.0 Å².